The van der Waals surface area contributed by atoms with Gasteiger partial charge < -0.3 is 24.6 Å². The normalized spacial score (nSPS) is 14.2. The lowest BCUT2D eigenvalue weighted by atomic mass is 10.1. The minimum atomic E-state index is -4.60. The molecular weight excluding hydrogens is 599 g/mol. The second kappa shape index (κ2) is 31.6. The summed E-state index contributed by atoms with van der Waals surface area (Å²) in [6.45, 7) is 2.35. The highest BCUT2D eigenvalue weighted by Gasteiger charge is 2.27. The summed E-state index contributed by atoms with van der Waals surface area (Å²) < 4.78 is 32.5. The van der Waals surface area contributed by atoms with Crippen LogP contribution in [0.15, 0.2) is 0 Å². The first-order valence-electron chi connectivity index (χ1n) is 18.0. The Labute approximate surface area is 273 Å². The average Bonchev–Trinajstić information content (AvgIpc) is 3.02. The van der Waals surface area contributed by atoms with Gasteiger partial charge in [-0.15, -0.1) is 0 Å². The van der Waals surface area contributed by atoms with E-state index in [1.54, 1.807) is 0 Å². The largest absolute Gasteiger partial charge is 0.472 e. The molecule has 3 N–H and O–H groups in total. The van der Waals surface area contributed by atoms with E-state index in [1.807, 2.05) is 0 Å². The van der Waals surface area contributed by atoms with Crippen molar-refractivity contribution >= 4 is 19.8 Å². The van der Waals surface area contributed by atoms with Crippen LogP contribution in [0.2, 0.25) is 0 Å². The van der Waals surface area contributed by atoms with Crippen LogP contribution in [0, 0.1) is 0 Å². The van der Waals surface area contributed by atoms with Gasteiger partial charge in [0.1, 0.15) is 12.7 Å². The molecule has 0 aliphatic carbocycles. The van der Waals surface area contributed by atoms with Crippen LogP contribution in [0.1, 0.15) is 168 Å². The number of carbonyl (C=O) groups is 2. The predicted molar refractivity (Wildman–Crippen MR) is 178 cm³/mol. The van der Waals surface area contributed by atoms with Gasteiger partial charge in [0.25, 0.3) is 0 Å². The van der Waals surface area contributed by atoms with Gasteiger partial charge >= 0.3 is 19.8 Å². The molecule has 0 saturated heterocycles. The number of aliphatic hydroxyl groups is 2. The molecule has 0 aromatic carbocycles. The number of carbonyl (C=O) groups excluding carboxylic acids is 2. The smallest absolute Gasteiger partial charge is 0.462 e. The average molecular weight is 667 g/mol. The highest BCUT2D eigenvalue weighted by molar-refractivity contribution is 7.47. The summed E-state index contributed by atoms with van der Waals surface area (Å²) in [4.78, 5) is 34.7. The Morgan fingerprint density at radius 3 is 1.38 bits per heavy atom. The maximum absolute atomic E-state index is 12.5. The molecule has 3 atom stereocenters. The second-order valence-corrected chi connectivity index (χ2v) is 13.7. The third kappa shape index (κ3) is 31.3. The lowest BCUT2D eigenvalue weighted by Gasteiger charge is -2.20. The predicted octanol–water partition coefficient (Wildman–Crippen LogP) is 8.33. The monoisotopic (exact) mass is 666 g/mol. The van der Waals surface area contributed by atoms with Crippen molar-refractivity contribution in [2.75, 3.05) is 26.4 Å². The summed E-state index contributed by atoms with van der Waals surface area (Å²) in [5, 5.41) is 18.2. The van der Waals surface area contributed by atoms with Crippen molar-refractivity contribution < 1.29 is 47.8 Å². The van der Waals surface area contributed by atoms with Gasteiger partial charge in [0.15, 0.2) is 6.10 Å². The molecule has 0 spiro atoms. The summed E-state index contributed by atoms with van der Waals surface area (Å²) in [6, 6.07) is 0. The first-order chi connectivity index (χ1) is 21.7. The van der Waals surface area contributed by atoms with E-state index < -0.39 is 51.8 Å². The molecule has 0 aliphatic rings. The van der Waals surface area contributed by atoms with Crippen molar-refractivity contribution in [1.29, 1.82) is 0 Å². The second-order valence-electron chi connectivity index (χ2n) is 12.3. The van der Waals surface area contributed by atoms with E-state index in [0.29, 0.717) is 12.8 Å². The molecular formula is C34H67O10P. The zero-order valence-electron chi connectivity index (χ0n) is 28.6. The zero-order valence-corrected chi connectivity index (χ0v) is 29.5. The molecule has 0 radical (unpaired) electrons. The fourth-order valence-electron chi connectivity index (χ4n) is 4.93. The van der Waals surface area contributed by atoms with Crippen LogP contribution in [0.3, 0.4) is 0 Å². The van der Waals surface area contributed by atoms with E-state index >= 15 is 0 Å². The third-order valence-electron chi connectivity index (χ3n) is 7.76. The SMILES string of the molecule is CCCCCCCCCCCCCC(=O)OCC(COP(=O)(O)OC[C@@H](O)CO)OC(=O)CCCCCCCCCCCCC. The lowest BCUT2D eigenvalue weighted by molar-refractivity contribution is -0.161. The van der Waals surface area contributed by atoms with Gasteiger partial charge in [-0.25, -0.2) is 4.57 Å². The van der Waals surface area contributed by atoms with Crippen molar-refractivity contribution in [3.63, 3.8) is 0 Å². The quantitative estimate of drug-likeness (QED) is 0.0348. The van der Waals surface area contributed by atoms with E-state index in [4.69, 9.17) is 19.1 Å². The first kappa shape index (κ1) is 44.0. The molecule has 0 saturated carbocycles. The number of hydrogen-bond acceptors (Lipinski definition) is 9. The van der Waals surface area contributed by atoms with Crippen LogP contribution in [0.4, 0.5) is 0 Å². The van der Waals surface area contributed by atoms with E-state index in [9.17, 15) is 24.2 Å². The number of ether oxygens (including phenoxy) is 2. The Morgan fingerprint density at radius 1 is 0.578 bits per heavy atom. The summed E-state index contributed by atoms with van der Waals surface area (Å²) in [5.41, 5.74) is 0. The van der Waals surface area contributed by atoms with E-state index in [2.05, 4.69) is 18.4 Å². The fourth-order valence-corrected chi connectivity index (χ4v) is 5.72. The maximum Gasteiger partial charge on any atom is 0.472 e. The molecule has 268 valence electrons. The highest BCUT2D eigenvalue weighted by Crippen LogP contribution is 2.43. The van der Waals surface area contributed by atoms with Crippen LogP contribution in [-0.4, -0.2) is 65.7 Å². The number of phosphoric acid groups is 1. The maximum atomic E-state index is 12.5. The van der Waals surface area contributed by atoms with Crippen LogP contribution >= 0.6 is 7.82 Å². The topological polar surface area (TPSA) is 149 Å². The molecule has 10 nitrogen and oxygen atoms in total. The highest BCUT2D eigenvalue weighted by atomic mass is 31.2. The number of rotatable bonds is 34. The van der Waals surface area contributed by atoms with Gasteiger partial charge in [0, 0.05) is 12.8 Å². The van der Waals surface area contributed by atoms with E-state index in [0.717, 1.165) is 38.5 Å². The van der Waals surface area contributed by atoms with Crippen molar-refractivity contribution in [2.24, 2.45) is 0 Å². The van der Waals surface area contributed by atoms with Gasteiger partial charge in [0.2, 0.25) is 0 Å². The van der Waals surface area contributed by atoms with Crippen LogP contribution in [0.5, 0.6) is 0 Å². The molecule has 0 aromatic rings. The molecule has 0 aromatic heterocycles. The molecule has 0 aliphatic heterocycles. The summed E-state index contributed by atoms with van der Waals surface area (Å²) >= 11 is 0. The molecule has 0 heterocycles. The Balaban J connectivity index is 4.39. The molecule has 45 heavy (non-hydrogen) atoms. The minimum Gasteiger partial charge on any atom is -0.462 e. The molecule has 0 rings (SSSR count). The third-order valence-corrected chi connectivity index (χ3v) is 8.71. The molecule has 0 fully saturated rings. The number of esters is 2. The number of phosphoric ester groups is 1. The molecule has 2 unspecified atom stereocenters. The van der Waals surface area contributed by atoms with Crippen LogP contribution < -0.4 is 0 Å². The van der Waals surface area contributed by atoms with Crippen molar-refractivity contribution in [3.05, 3.63) is 0 Å². The van der Waals surface area contributed by atoms with Crippen molar-refractivity contribution in [1.82, 2.24) is 0 Å². The van der Waals surface area contributed by atoms with Crippen LogP contribution in [-0.2, 0) is 32.7 Å². The van der Waals surface area contributed by atoms with Gasteiger partial charge in [-0.2, -0.15) is 0 Å². The standard InChI is InChI=1S/C34H67O10P/c1-3-5-7-9-11-13-15-17-19-21-23-25-33(37)41-29-32(30-43-45(39,40)42-28-31(36)27-35)44-34(38)26-24-22-20-18-16-14-12-10-8-6-4-2/h31-32,35-36H,3-30H2,1-2H3,(H,39,40)/t31-,32?/m0/s1. The number of aliphatic hydroxyl groups excluding tert-OH is 2. The van der Waals surface area contributed by atoms with Gasteiger partial charge in [-0.05, 0) is 12.8 Å². The van der Waals surface area contributed by atoms with Crippen LogP contribution in [0.25, 0.3) is 0 Å². The zero-order chi connectivity index (χ0) is 33.4. The number of hydrogen-bond donors (Lipinski definition) is 3. The first-order valence-corrected chi connectivity index (χ1v) is 19.5. The van der Waals surface area contributed by atoms with Crippen molar-refractivity contribution in [2.45, 2.75) is 180 Å². The van der Waals surface area contributed by atoms with Gasteiger partial charge in [-0.1, -0.05) is 142 Å². The van der Waals surface area contributed by atoms with E-state index in [-0.39, 0.29) is 19.4 Å². The molecule has 0 amide bonds. The Bertz CT molecular complexity index is 736. The summed E-state index contributed by atoms with van der Waals surface area (Å²) in [7, 11) is -4.60. The Hall–Kier alpha value is -1.03. The Morgan fingerprint density at radius 2 is 0.956 bits per heavy atom. The minimum absolute atomic E-state index is 0.191. The van der Waals surface area contributed by atoms with E-state index in [1.165, 1.54) is 89.9 Å². The lowest BCUT2D eigenvalue weighted by Crippen LogP contribution is -2.29. The van der Waals surface area contributed by atoms with Crippen molar-refractivity contribution in [3.8, 4) is 0 Å². The summed E-state index contributed by atoms with van der Waals surface area (Å²) in [5.74, 6) is -0.919. The Kier molecular flexibility index (Phi) is 30.8. The molecule has 11 heteroatoms. The number of unbranched alkanes of at least 4 members (excludes halogenated alkanes) is 20. The fraction of sp³-hybridized carbons (Fsp3) is 0.941. The van der Waals surface area contributed by atoms with Gasteiger partial charge in [0.05, 0.1) is 19.8 Å². The molecule has 0 bridgehead atoms. The van der Waals surface area contributed by atoms with Gasteiger partial charge in [-0.3, -0.25) is 18.6 Å². The summed E-state index contributed by atoms with van der Waals surface area (Å²) in [6.07, 6.45) is 23.6.